The summed E-state index contributed by atoms with van der Waals surface area (Å²) in [5.74, 6) is -2.29. The van der Waals surface area contributed by atoms with Crippen LogP contribution in [0.1, 0.15) is 22.2 Å². The molecule has 0 spiro atoms. The van der Waals surface area contributed by atoms with Crippen molar-refractivity contribution in [3.8, 4) is 0 Å². The monoisotopic (exact) mass is 398 g/mol. The van der Waals surface area contributed by atoms with Gasteiger partial charge in [-0.1, -0.05) is 11.3 Å². The number of carbonyl (C=O) groups is 2. The second-order valence-electron chi connectivity index (χ2n) is 5.72. The van der Waals surface area contributed by atoms with Gasteiger partial charge in [-0.25, -0.2) is 0 Å². The highest BCUT2D eigenvalue weighted by Gasteiger charge is 2.46. The van der Waals surface area contributed by atoms with E-state index in [0.29, 0.717) is 5.56 Å². The zero-order chi connectivity index (χ0) is 19.8. The highest BCUT2D eigenvalue weighted by Crippen LogP contribution is 2.42. The third-order valence-electron chi connectivity index (χ3n) is 4.17. The van der Waals surface area contributed by atoms with Gasteiger partial charge in [0.2, 0.25) is 10.9 Å². The number of aliphatic hydroxyl groups is 1. The van der Waals surface area contributed by atoms with Crippen molar-refractivity contribution < 1.29 is 24.0 Å². The van der Waals surface area contributed by atoms with Crippen LogP contribution in [0.15, 0.2) is 63.9 Å². The van der Waals surface area contributed by atoms with Gasteiger partial charge in [-0.15, -0.1) is 10.2 Å². The Kier molecular flexibility index (Phi) is 4.20. The minimum atomic E-state index is -1.04. The molecule has 0 bridgehead atoms. The molecule has 140 valence electrons. The van der Waals surface area contributed by atoms with Crippen molar-refractivity contribution in [1.29, 1.82) is 0 Å². The summed E-state index contributed by atoms with van der Waals surface area (Å²) >= 11 is 1.05. The summed E-state index contributed by atoms with van der Waals surface area (Å²) in [6.07, 6.45) is 1.30. The Hall–Kier alpha value is -3.86. The predicted molar refractivity (Wildman–Crippen MR) is 95.9 cm³/mol. The Morgan fingerprint density at radius 2 is 2.04 bits per heavy atom. The summed E-state index contributed by atoms with van der Waals surface area (Å²) < 4.78 is 5.11. The molecule has 3 heterocycles. The number of nitro benzene ring substituents is 1. The van der Waals surface area contributed by atoms with E-state index in [4.69, 9.17) is 4.42 Å². The highest BCUT2D eigenvalue weighted by atomic mass is 32.1. The molecule has 0 aliphatic carbocycles. The molecule has 10 nitrogen and oxygen atoms in total. The third kappa shape index (κ3) is 2.74. The van der Waals surface area contributed by atoms with Gasteiger partial charge in [0.1, 0.15) is 5.51 Å². The number of rotatable bonds is 5. The van der Waals surface area contributed by atoms with Crippen LogP contribution in [0.5, 0.6) is 0 Å². The number of hydrogen-bond acceptors (Lipinski definition) is 9. The van der Waals surface area contributed by atoms with E-state index in [9.17, 15) is 24.8 Å². The standard InChI is InChI=1S/C17H10N4O6S/c22-14(11-2-1-7-27-11)12-13(9-3-5-10(6-4-9)21(25)26)20(16(24)15(12)23)17-19-18-8-28-17/h1-8,13,23H. The maximum atomic E-state index is 12.9. The number of amides is 1. The minimum Gasteiger partial charge on any atom is -0.503 e. The molecule has 1 unspecified atom stereocenters. The average Bonchev–Trinajstić information content (AvgIpc) is 3.43. The molecule has 1 amide bonds. The summed E-state index contributed by atoms with van der Waals surface area (Å²) in [5, 5.41) is 29.1. The fourth-order valence-corrected chi connectivity index (χ4v) is 3.53. The highest BCUT2D eigenvalue weighted by molar-refractivity contribution is 7.13. The number of benzene rings is 1. The number of carbonyl (C=O) groups excluding carboxylic acids is 2. The lowest BCUT2D eigenvalue weighted by Gasteiger charge is -2.23. The zero-order valence-corrected chi connectivity index (χ0v) is 14.7. The first-order valence-corrected chi connectivity index (χ1v) is 8.72. The number of aliphatic hydroxyl groups excluding tert-OH is 1. The molecule has 28 heavy (non-hydrogen) atoms. The van der Waals surface area contributed by atoms with Crippen molar-refractivity contribution >= 4 is 33.8 Å². The molecule has 0 fully saturated rings. The van der Waals surface area contributed by atoms with E-state index in [1.54, 1.807) is 0 Å². The molecular weight excluding hydrogens is 388 g/mol. The van der Waals surface area contributed by atoms with Gasteiger partial charge in [0, 0.05) is 12.1 Å². The summed E-state index contributed by atoms with van der Waals surface area (Å²) in [4.78, 5) is 37.1. The fourth-order valence-electron chi connectivity index (χ4n) is 2.94. The van der Waals surface area contributed by atoms with Crippen molar-refractivity contribution in [1.82, 2.24) is 10.2 Å². The number of Topliss-reactive ketones (excluding diaryl/α,β-unsaturated/α-hetero) is 1. The Morgan fingerprint density at radius 3 is 2.61 bits per heavy atom. The molecule has 1 atom stereocenters. The molecule has 2 aromatic heterocycles. The Morgan fingerprint density at radius 1 is 1.29 bits per heavy atom. The zero-order valence-electron chi connectivity index (χ0n) is 13.9. The number of aromatic nitrogens is 2. The lowest BCUT2D eigenvalue weighted by Crippen LogP contribution is -2.31. The number of ketones is 1. The predicted octanol–water partition coefficient (Wildman–Crippen LogP) is 2.82. The van der Waals surface area contributed by atoms with Crippen LogP contribution in [0.2, 0.25) is 0 Å². The minimum absolute atomic E-state index is 0.0552. The second-order valence-corrected chi connectivity index (χ2v) is 6.53. The van der Waals surface area contributed by atoms with E-state index >= 15 is 0 Å². The van der Waals surface area contributed by atoms with Gasteiger partial charge in [0.15, 0.2) is 11.5 Å². The van der Waals surface area contributed by atoms with Gasteiger partial charge in [0.25, 0.3) is 11.6 Å². The van der Waals surface area contributed by atoms with Gasteiger partial charge >= 0.3 is 0 Å². The van der Waals surface area contributed by atoms with Crippen molar-refractivity contribution in [2.45, 2.75) is 6.04 Å². The molecule has 1 N–H and O–H groups in total. The first-order chi connectivity index (χ1) is 13.5. The smallest absolute Gasteiger partial charge is 0.296 e. The van der Waals surface area contributed by atoms with Crippen LogP contribution in [0.25, 0.3) is 0 Å². The number of non-ortho nitro benzene ring substituents is 1. The van der Waals surface area contributed by atoms with Gasteiger partial charge in [-0.05, 0) is 29.8 Å². The lowest BCUT2D eigenvalue weighted by atomic mass is 9.95. The van der Waals surface area contributed by atoms with Crippen LogP contribution in [0.4, 0.5) is 10.8 Å². The van der Waals surface area contributed by atoms with Gasteiger partial charge in [0.05, 0.1) is 22.8 Å². The van der Waals surface area contributed by atoms with E-state index in [-0.39, 0.29) is 22.2 Å². The van der Waals surface area contributed by atoms with E-state index in [2.05, 4.69) is 10.2 Å². The van der Waals surface area contributed by atoms with E-state index in [1.807, 2.05) is 0 Å². The molecule has 11 heteroatoms. The lowest BCUT2D eigenvalue weighted by molar-refractivity contribution is -0.384. The van der Waals surface area contributed by atoms with Gasteiger partial charge in [-0.3, -0.25) is 24.6 Å². The Balaban J connectivity index is 1.86. The summed E-state index contributed by atoms with van der Waals surface area (Å²) in [6.45, 7) is 0. The van der Waals surface area contributed by atoms with Crippen molar-refractivity contribution in [2.75, 3.05) is 4.90 Å². The van der Waals surface area contributed by atoms with E-state index in [0.717, 1.165) is 16.2 Å². The molecule has 1 aromatic carbocycles. The molecule has 1 aliphatic rings. The second kappa shape index (κ2) is 6.70. The molecule has 0 saturated carbocycles. The van der Waals surface area contributed by atoms with Gasteiger partial charge < -0.3 is 9.52 Å². The first kappa shape index (κ1) is 17.5. The van der Waals surface area contributed by atoms with Crippen molar-refractivity contribution in [2.24, 2.45) is 0 Å². The first-order valence-electron chi connectivity index (χ1n) is 7.84. The number of nitro groups is 1. The van der Waals surface area contributed by atoms with Gasteiger partial charge in [-0.2, -0.15) is 0 Å². The maximum absolute atomic E-state index is 12.9. The normalized spacial score (nSPS) is 16.6. The number of nitrogens with zero attached hydrogens (tertiary/aromatic N) is 4. The Bertz CT molecular complexity index is 1090. The summed E-state index contributed by atoms with van der Waals surface area (Å²) in [6, 6.07) is 7.21. The van der Waals surface area contributed by atoms with Crippen LogP contribution in [0, 0.1) is 10.1 Å². The number of anilines is 1. The average molecular weight is 398 g/mol. The molecule has 1 aliphatic heterocycles. The largest absolute Gasteiger partial charge is 0.503 e. The van der Waals surface area contributed by atoms with E-state index < -0.39 is 28.4 Å². The molecule has 3 aromatic rings. The molecule has 0 radical (unpaired) electrons. The number of hydrogen-bond donors (Lipinski definition) is 1. The molecular formula is C17H10N4O6S. The van der Waals surface area contributed by atoms with Crippen LogP contribution < -0.4 is 4.90 Å². The van der Waals surface area contributed by atoms with Crippen LogP contribution in [-0.4, -0.2) is 31.9 Å². The summed E-state index contributed by atoms with van der Waals surface area (Å²) in [7, 11) is 0. The molecule has 4 rings (SSSR count). The SMILES string of the molecule is O=C(C1=C(O)C(=O)N(c2nncs2)C1c1ccc([N+](=O)[O-])cc1)c1ccco1. The number of furan rings is 1. The Labute approximate surface area is 160 Å². The quantitative estimate of drug-likeness (QED) is 0.393. The van der Waals surface area contributed by atoms with Crippen LogP contribution >= 0.6 is 11.3 Å². The van der Waals surface area contributed by atoms with E-state index in [1.165, 1.54) is 48.2 Å². The van der Waals surface area contributed by atoms with Crippen molar-refractivity contribution in [3.05, 3.63) is 80.9 Å². The summed E-state index contributed by atoms with van der Waals surface area (Å²) in [5.41, 5.74) is 1.43. The molecule has 0 saturated heterocycles. The van der Waals surface area contributed by atoms with Crippen molar-refractivity contribution in [3.63, 3.8) is 0 Å². The topological polar surface area (TPSA) is 140 Å². The third-order valence-corrected chi connectivity index (χ3v) is 4.86. The fraction of sp³-hybridized carbons (Fsp3) is 0.0588. The maximum Gasteiger partial charge on any atom is 0.296 e. The van der Waals surface area contributed by atoms with Crippen LogP contribution in [0.3, 0.4) is 0 Å². The van der Waals surface area contributed by atoms with Crippen LogP contribution in [-0.2, 0) is 4.79 Å².